The van der Waals surface area contributed by atoms with Crippen LogP contribution in [0.3, 0.4) is 0 Å². The fourth-order valence-electron chi connectivity index (χ4n) is 2.80. The Morgan fingerprint density at radius 1 is 1.32 bits per heavy atom. The third-order valence-electron chi connectivity index (χ3n) is 4.04. The van der Waals surface area contributed by atoms with E-state index in [4.69, 9.17) is 5.73 Å². The molecule has 0 aromatic heterocycles. The lowest BCUT2D eigenvalue weighted by Crippen LogP contribution is -2.37. The SMILES string of the molecule is CC(O)C1CCN(c2ccc(F)cc2[C@H](C)N)CC1. The minimum absolute atomic E-state index is 0.180. The maximum absolute atomic E-state index is 13.3. The third-order valence-corrected chi connectivity index (χ3v) is 4.04. The predicted molar refractivity (Wildman–Crippen MR) is 75.6 cm³/mol. The van der Waals surface area contributed by atoms with Gasteiger partial charge in [0.25, 0.3) is 0 Å². The Bertz CT molecular complexity index is 426. The highest BCUT2D eigenvalue weighted by molar-refractivity contribution is 5.55. The molecule has 2 rings (SSSR count). The van der Waals surface area contributed by atoms with Gasteiger partial charge in [-0.3, -0.25) is 0 Å². The molecule has 1 aliphatic heterocycles. The van der Waals surface area contributed by atoms with Crippen LogP contribution in [0.15, 0.2) is 18.2 Å². The molecule has 1 heterocycles. The number of hydrogen-bond donors (Lipinski definition) is 2. The zero-order chi connectivity index (χ0) is 14.0. The van der Waals surface area contributed by atoms with Gasteiger partial charge in [0.15, 0.2) is 0 Å². The minimum atomic E-state index is -0.247. The van der Waals surface area contributed by atoms with Crippen LogP contribution < -0.4 is 10.6 Å². The quantitative estimate of drug-likeness (QED) is 0.883. The second-order valence-electron chi connectivity index (χ2n) is 5.56. The summed E-state index contributed by atoms with van der Waals surface area (Å²) in [6.45, 7) is 5.51. The Labute approximate surface area is 114 Å². The van der Waals surface area contributed by atoms with Gasteiger partial charge >= 0.3 is 0 Å². The Balaban J connectivity index is 2.15. The number of rotatable bonds is 3. The number of nitrogens with two attached hydrogens (primary N) is 1. The van der Waals surface area contributed by atoms with Gasteiger partial charge in [0.05, 0.1) is 6.10 Å². The molecule has 1 aromatic rings. The lowest BCUT2D eigenvalue weighted by atomic mass is 9.91. The summed E-state index contributed by atoms with van der Waals surface area (Å²) < 4.78 is 13.3. The fraction of sp³-hybridized carbons (Fsp3) is 0.600. The fourth-order valence-corrected chi connectivity index (χ4v) is 2.80. The van der Waals surface area contributed by atoms with Crippen molar-refractivity contribution in [3.05, 3.63) is 29.6 Å². The van der Waals surface area contributed by atoms with Crippen molar-refractivity contribution in [2.75, 3.05) is 18.0 Å². The minimum Gasteiger partial charge on any atom is -0.393 e. The van der Waals surface area contributed by atoms with Crippen LogP contribution in [0.4, 0.5) is 10.1 Å². The number of benzene rings is 1. The van der Waals surface area contributed by atoms with Crippen LogP contribution in [0.2, 0.25) is 0 Å². The summed E-state index contributed by atoms with van der Waals surface area (Å²) in [7, 11) is 0. The summed E-state index contributed by atoms with van der Waals surface area (Å²) in [5.74, 6) is 0.130. The summed E-state index contributed by atoms with van der Waals surface area (Å²) in [5, 5.41) is 9.63. The molecule has 1 saturated heterocycles. The Morgan fingerprint density at radius 2 is 1.95 bits per heavy atom. The van der Waals surface area contributed by atoms with Crippen LogP contribution in [0.1, 0.15) is 38.3 Å². The number of aliphatic hydroxyl groups excluding tert-OH is 1. The highest BCUT2D eigenvalue weighted by atomic mass is 19.1. The first-order valence-corrected chi connectivity index (χ1v) is 6.97. The molecule has 3 nitrogen and oxygen atoms in total. The number of piperidine rings is 1. The third kappa shape index (κ3) is 3.25. The molecule has 0 amide bonds. The number of aliphatic hydroxyl groups is 1. The molecule has 1 unspecified atom stereocenters. The van der Waals surface area contributed by atoms with E-state index in [1.807, 2.05) is 19.9 Å². The Hall–Kier alpha value is -1.13. The molecule has 19 heavy (non-hydrogen) atoms. The van der Waals surface area contributed by atoms with Gasteiger partial charge in [-0.25, -0.2) is 4.39 Å². The molecule has 0 aliphatic carbocycles. The molecule has 1 aromatic carbocycles. The Morgan fingerprint density at radius 3 is 2.47 bits per heavy atom. The molecule has 2 atom stereocenters. The van der Waals surface area contributed by atoms with E-state index < -0.39 is 0 Å². The zero-order valence-corrected chi connectivity index (χ0v) is 11.6. The first-order valence-electron chi connectivity index (χ1n) is 6.97. The standard InChI is InChI=1S/C15H23FN2O/c1-10(17)14-9-13(16)3-4-15(14)18-7-5-12(6-8-18)11(2)19/h3-4,9-12,19H,5-8,17H2,1-2H3/t10-,11?/m0/s1. The predicted octanol–water partition coefficient (Wildman–Crippen LogP) is 2.44. The van der Waals surface area contributed by atoms with E-state index in [0.717, 1.165) is 37.2 Å². The summed E-state index contributed by atoms with van der Waals surface area (Å²) in [4.78, 5) is 2.25. The average molecular weight is 266 g/mol. The van der Waals surface area contributed by atoms with Crippen molar-refractivity contribution < 1.29 is 9.50 Å². The highest BCUT2D eigenvalue weighted by Crippen LogP contribution is 2.30. The maximum atomic E-state index is 13.3. The van der Waals surface area contributed by atoms with E-state index in [-0.39, 0.29) is 18.0 Å². The number of nitrogens with zero attached hydrogens (tertiary/aromatic N) is 1. The van der Waals surface area contributed by atoms with Crippen molar-refractivity contribution in [2.24, 2.45) is 11.7 Å². The highest BCUT2D eigenvalue weighted by Gasteiger charge is 2.24. The second kappa shape index (κ2) is 5.88. The first kappa shape index (κ1) is 14.3. The topological polar surface area (TPSA) is 49.5 Å². The molecule has 4 heteroatoms. The summed E-state index contributed by atoms with van der Waals surface area (Å²) in [6.07, 6.45) is 1.68. The molecule has 0 spiro atoms. The second-order valence-corrected chi connectivity index (χ2v) is 5.56. The van der Waals surface area contributed by atoms with Crippen molar-refractivity contribution in [3.63, 3.8) is 0 Å². The van der Waals surface area contributed by atoms with Crippen molar-refractivity contribution in [1.82, 2.24) is 0 Å². The van der Waals surface area contributed by atoms with Gasteiger partial charge in [-0.15, -0.1) is 0 Å². The van der Waals surface area contributed by atoms with E-state index in [9.17, 15) is 9.50 Å². The van der Waals surface area contributed by atoms with Crippen LogP contribution in [0, 0.1) is 11.7 Å². The molecule has 0 saturated carbocycles. The molecule has 0 radical (unpaired) electrons. The van der Waals surface area contributed by atoms with Crippen LogP contribution in [-0.4, -0.2) is 24.3 Å². The molecule has 0 bridgehead atoms. The molecule has 1 fully saturated rings. The van der Waals surface area contributed by atoms with Gasteiger partial charge in [0.2, 0.25) is 0 Å². The first-order chi connectivity index (χ1) is 8.99. The smallest absolute Gasteiger partial charge is 0.123 e. The van der Waals surface area contributed by atoms with Gasteiger partial charge in [-0.05, 0) is 56.4 Å². The van der Waals surface area contributed by atoms with E-state index in [0.29, 0.717) is 5.92 Å². The number of anilines is 1. The monoisotopic (exact) mass is 266 g/mol. The lowest BCUT2D eigenvalue weighted by Gasteiger charge is -2.36. The van der Waals surface area contributed by atoms with Crippen molar-refractivity contribution in [2.45, 2.75) is 38.8 Å². The van der Waals surface area contributed by atoms with Crippen molar-refractivity contribution >= 4 is 5.69 Å². The molecular formula is C15H23FN2O. The normalized spacial score (nSPS) is 20.4. The van der Waals surface area contributed by atoms with E-state index in [1.54, 1.807) is 0 Å². The molecule has 3 N–H and O–H groups in total. The maximum Gasteiger partial charge on any atom is 0.123 e. The van der Waals surface area contributed by atoms with Gasteiger partial charge in [-0.2, -0.15) is 0 Å². The molecule has 1 aliphatic rings. The zero-order valence-electron chi connectivity index (χ0n) is 11.6. The van der Waals surface area contributed by atoms with Gasteiger partial charge in [0, 0.05) is 24.8 Å². The van der Waals surface area contributed by atoms with Crippen molar-refractivity contribution in [3.8, 4) is 0 Å². The summed E-state index contributed by atoms with van der Waals surface area (Å²) in [6, 6.07) is 4.65. The largest absolute Gasteiger partial charge is 0.393 e. The van der Waals surface area contributed by atoms with Crippen molar-refractivity contribution in [1.29, 1.82) is 0 Å². The summed E-state index contributed by atoms with van der Waals surface area (Å²) in [5.41, 5.74) is 7.82. The number of halogens is 1. The van der Waals surface area contributed by atoms with Gasteiger partial charge in [-0.1, -0.05) is 0 Å². The molecular weight excluding hydrogens is 243 g/mol. The lowest BCUT2D eigenvalue weighted by molar-refractivity contribution is 0.110. The van der Waals surface area contributed by atoms with E-state index >= 15 is 0 Å². The Kier molecular flexibility index (Phi) is 4.42. The molecule has 106 valence electrons. The number of hydrogen-bond acceptors (Lipinski definition) is 3. The van der Waals surface area contributed by atoms with E-state index in [1.165, 1.54) is 12.1 Å². The van der Waals surface area contributed by atoms with Gasteiger partial charge < -0.3 is 15.7 Å². The average Bonchev–Trinajstić information content (AvgIpc) is 2.38. The van der Waals surface area contributed by atoms with Crippen LogP contribution >= 0.6 is 0 Å². The van der Waals surface area contributed by atoms with Crippen LogP contribution in [-0.2, 0) is 0 Å². The summed E-state index contributed by atoms with van der Waals surface area (Å²) >= 11 is 0. The van der Waals surface area contributed by atoms with E-state index in [2.05, 4.69) is 4.90 Å². The van der Waals surface area contributed by atoms with Crippen LogP contribution in [0.5, 0.6) is 0 Å². The van der Waals surface area contributed by atoms with Crippen LogP contribution in [0.25, 0.3) is 0 Å². The van der Waals surface area contributed by atoms with Gasteiger partial charge in [0.1, 0.15) is 5.82 Å².